The molecule has 0 amide bonds. The van der Waals surface area contributed by atoms with Gasteiger partial charge >= 0.3 is 0 Å². The molecule has 0 bridgehead atoms. The highest BCUT2D eigenvalue weighted by molar-refractivity contribution is 5.44. The number of imidazole rings is 1. The lowest BCUT2D eigenvalue weighted by atomic mass is 9.69. The van der Waals surface area contributed by atoms with Crippen LogP contribution in [-0.4, -0.2) is 44.3 Å². The van der Waals surface area contributed by atoms with Gasteiger partial charge in [0, 0.05) is 20.0 Å². The normalized spacial score (nSPS) is 26.1. The molecule has 4 rings (SSSR count). The number of likely N-dealkylation sites (tertiary alicyclic amines) is 1. The highest BCUT2D eigenvalue weighted by Gasteiger charge is 2.33. The second-order valence-corrected chi connectivity index (χ2v) is 9.37. The molecule has 2 aromatic rings. The van der Waals surface area contributed by atoms with Crippen molar-refractivity contribution in [2.75, 3.05) is 19.6 Å². The Morgan fingerprint density at radius 3 is 2.66 bits per heavy atom. The SMILES string of the molecule is CC1=C[C@@H](CN2CCCCC2)[C@H](C(C)C)C[C@H]1Cc1nnc(-c2cncn2C)o1. The Balaban J connectivity index is 1.46. The van der Waals surface area contributed by atoms with E-state index in [2.05, 4.69) is 46.9 Å². The van der Waals surface area contributed by atoms with Gasteiger partial charge in [0.2, 0.25) is 5.89 Å². The third kappa shape index (κ3) is 4.63. The van der Waals surface area contributed by atoms with Gasteiger partial charge in [-0.25, -0.2) is 4.98 Å². The Labute approximate surface area is 174 Å². The second kappa shape index (κ2) is 8.82. The summed E-state index contributed by atoms with van der Waals surface area (Å²) in [5.41, 5.74) is 2.35. The summed E-state index contributed by atoms with van der Waals surface area (Å²) in [7, 11) is 1.94. The number of aryl methyl sites for hydroxylation is 1. The van der Waals surface area contributed by atoms with E-state index in [4.69, 9.17) is 4.42 Å². The average molecular weight is 398 g/mol. The topological polar surface area (TPSA) is 60.0 Å². The number of nitrogens with zero attached hydrogens (tertiary/aromatic N) is 5. The van der Waals surface area contributed by atoms with Gasteiger partial charge in [0.1, 0.15) is 5.69 Å². The molecule has 6 heteroatoms. The first kappa shape index (κ1) is 20.3. The van der Waals surface area contributed by atoms with Crippen LogP contribution in [0.25, 0.3) is 11.6 Å². The molecular formula is C23H35N5O. The predicted molar refractivity (Wildman–Crippen MR) is 114 cm³/mol. The molecule has 0 N–H and O–H groups in total. The van der Waals surface area contributed by atoms with Gasteiger partial charge < -0.3 is 13.9 Å². The maximum atomic E-state index is 5.99. The van der Waals surface area contributed by atoms with Crippen LogP contribution in [0.1, 0.15) is 52.3 Å². The van der Waals surface area contributed by atoms with E-state index in [0.29, 0.717) is 29.6 Å². The summed E-state index contributed by atoms with van der Waals surface area (Å²) < 4.78 is 7.89. The maximum absolute atomic E-state index is 5.99. The predicted octanol–water partition coefficient (Wildman–Crippen LogP) is 4.35. The molecule has 0 aromatic carbocycles. The standard InChI is InChI=1S/C23H35N5O/c1-16(2)20-11-18(17(3)10-19(20)14-28-8-6-5-7-9-28)12-22-25-26-23(29-22)21-13-24-15-27(21)4/h10,13,15-16,18-20H,5-9,11-12,14H2,1-4H3/t18-,19-,20-/m0/s1. The van der Waals surface area contributed by atoms with Gasteiger partial charge in [-0.1, -0.05) is 31.9 Å². The fraction of sp³-hybridized carbons (Fsp3) is 0.696. The van der Waals surface area contributed by atoms with Crippen molar-refractivity contribution in [1.29, 1.82) is 0 Å². The zero-order chi connectivity index (χ0) is 20.4. The minimum absolute atomic E-state index is 0.486. The lowest BCUT2D eigenvalue weighted by Crippen LogP contribution is -2.39. The number of piperidine rings is 1. The number of aromatic nitrogens is 4. The first-order chi connectivity index (χ1) is 14.0. The van der Waals surface area contributed by atoms with E-state index in [1.54, 1.807) is 12.5 Å². The fourth-order valence-corrected chi connectivity index (χ4v) is 5.14. The van der Waals surface area contributed by atoms with Crippen LogP contribution in [0.3, 0.4) is 0 Å². The minimum atomic E-state index is 0.486. The third-order valence-corrected chi connectivity index (χ3v) is 6.93. The highest BCUT2D eigenvalue weighted by Crippen LogP contribution is 2.39. The van der Waals surface area contributed by atoms with Crippen LogP contribution in [-0.2, 0) is 13.5 Å². The highest BCUT2D eigenvalue weighted by atomic mass is 16.4. The molecule has 0 spiro atoms. The van der Waals surface area contributed by atoms with Crippen LogP contribution >= 0.6 is 0 Å². The minimum Gasteiger partial charge on any atom is -0.419 e. The van der Waals surface area contributed by atoms with Crippen LogP contribution in [0.15, 0.2) is 28.6 Å². The van der Waals surface area contributed by atoms with Crippen molar-refractivity contribution in [2.24, 2.45) is 30.7 Å². The summed E-state index contributed by atoms with van der Waals surface area (Å²) >= 11 is 0. The molecular weight excluding hydrogens is 362 g/mol. The Kier molecular flexibility index (Phi) is 6.18. The molecule has 3 atom stereocenters. The van der Waals surface area contributed by atoms with Crippen molar-refractivity contribution in [2.45, 2.75) is 52.9 Å². The number of allylic oxidation sites excluding steroid dienone is 1. The van der Waals surface area contributed by atoms with E-state index in [9.17, 15) is 0 Å². The summed E-state index contributed by atoms with van der Waals surface area (Å²) in [4.78, 5) is 6.83. The lowest BCUT2D eigenvalue weighted by molar-refractivity contribution is 0.144. The van der Waals surface area contributed by atoms with Gasteiger partial charge in [0.15, 0.2) is 0 Å². The molecule has 0 unspecified atom stereocenters. The molecule has 29 heavy (non-hydrogen) atoms. The summed E-state index contributed by atoms with van der Waals surface area (Å²) in [5, 5.41) is 8.58. The third-order valence-electron chi connectivity index (χ3n) is 6.93. The van der Waals surface area contributed by atoms with Crippen molar-refractivity contribution in [3.8, 4) is 11.6 Å². The van der Waals surface area contributed by atoms with Crippen molar-refractivity contribution in [3.05, 3.63) is 30.1 Å². The first-order valence-electron chi connectivity index (χ1n) is 11.2. The van der Waals surface area contributed by atoms with Crippen molar-refractivity contribution < 1.29 is 4.42 Å². The lowest BCUT2D eigenvalue weighted by Gasteiger charge is -2.40. The van der Waals surface area contributed by atoms with Crippen LogP contribution in [0.4, 0.5) is 0 Å². The Morgan fingerprint density at radius 2 is 1.97 bits per heavy atom. The fourth-order valence-electron chi connectivity index (χ4n) is 5.14. The quantitative estimate of drug-likeness (QED) is 0.678. The van der Waals surface area contributed by atoms with E-state index in [-0.39, 0.29) is 0 Å². The van der Waals surface area contributed by atoms with Gasteiger partial charge in [-0.3, -0.25) is 0 Å². The summed E-state index contributed by atoms with van der Waals surface area (Å²) in [6.07, 6.45) is 12.2. The molecule has 3 heterocycles. The molecule has 6 nitrogen and oxygen atoms in total. The molecule has 0 radical (unpaired) electrons. The molecule has 1 saturated heterocycles. The van der Waals surface area contributed by atoms with Gasteiger partial charge in [-0.2, -0.15) is 0 Å². The van der Waals surface area contributed by atoms with Crippen LogP contribution in [0, 0.1) is 23.7 Å². The van der Waals surface area contributed by atoms with Crippen molar-refractivity contribution in [3.63, 3.8) is 0 Å². The number of rotatable bonds is 6. The van der Waals surface area contributed by atoms with Crippen molar-refractivity contribution in [1.82, 2.24) is 24.6 Å². The summed E-state index contributed by atoms with van der Waals surface area (Å²) in [6.45, 7) is 10.8. The summed E-state index contributed by atoms with van der Waals surface area (Å²) in [5.74, 6) is 3.84. The van der Waals surface area contributed by atoms with Gasteiger partial charge in [-0.15, -0.1) is 10.2 Å². The first-order valence-corrected chi connectivity index (χ1v) is 11.2. The number of hydrogen-bond donors (Lipinski definition) is 0. The molecule has 1 aliphatic carbocycles. The van der Waals surface area contributed by atoms with E-state index >= 15 is 0 Å². The van der Waals surface area contributed by atoms with Crippen LogP contribution < -0.4 is 0 Å². The van der Waals surface area contributed by atoms with Crippen LogP contribution in [0.5, 0.6) is 0 Å². The smallest absolute Gasteiger partial charge is 0.265 e. The summed E-state index contributed by atoms with van der Waals surface area (Å²) in [6, 6.07) is 0. The molecule has 158 valence electrons. The number of hydrogen-bond acceptors (Lipinski definition) is 5. The molecule has 1 fully saturated rings. The molecule has 2 aliphatic rings. The van der Waals surface area contributed by atoms with Gasteiger partial charge in [0.25, 0.3) is 5.89 Å². The maximum Gasteiger partial charge on any atom is 0.265 e. The average Bonchev–Trinajstić information content (AvgIpc) is 3.33. The Morgan fingerprint density at radius 1 is 1.17 bits per heavy atom. The van der Waals surface area contributed by atoms with E-state index < -0.39 is 0 Å². The van der Waals surface area contributed by atoms with E-state index in [1.165, 1.54) is 50.9 Å². The second-order valence-electron chi connectivity index (χ2n) is 9.37. The van der Waals surface area contributed by atoms with Crippen LogP contribution in [0.2, 0.25) is 0 Å². The largest absolute Gasteiger partial charge is 0.419 e. The Bertz CT molecular complexity index is 830. The van der Waals surface area contributed by atoms with E-state index in [0.717, 1.165) is 18.0 Å². The molecule has 2 aromatic heterocycles. The van der Waals surface area contributed by atoms with E-state index in [1.807, 2.05) is 11.6 Å². The zero-order valence-corrected chi connectivity index (χ0v) is 18.3. The monoisotopic (exact) mass is 397 g/mol. The zero-order valence-electron chi connectivity index (χ0n) is 18.3. The molecule has 1 aliphatic heterocycles. The van der Waals surface area contributed by atoms with Gasteiger partial charge in [0.05, 0.1) is 12.5 Å². The Hall–Kier alpha value is -1.95. The molecule has 0 saturated carbocycles. The van der Waals surface area contributed by atoms with Crippen molar-refractivity contribution >= 4 is 0 Å². The van der Waals surface area contributed by atoms with Gasteiger partial charge in [-0.05, 0) is 62.9 Å².